The van der Waals surface area contributed by atoms with Crippen LogP contribution in [-0.2, 0) is 17.8 Å². The van der Waals surface area contributed by atoms with Gasteiger partial charge in [-0.05, 0) is 31.0 Å². The number of carbonyl (C=O) groups is 1. The predicted molar refractivity (Wildman–Crippen MR) is 102 cm³/mol. The Morgan fingerprint density at radius 2 is 2.08 bits per heavy atom. The van der Waals surface area contributed by atoms with Gasteiger partial charge in [0.1, 0.15) is 5.82 Å². The number of ether oxygens (including phenoxy) is 2. The summed E-state index contributed by atoms with van der Waals surface area (Å²) in [7, 11) is 3.21. The van der Waals surface area contributed by atoms with E-state index in [4.69, 9.17) is 9.47 Å². The van der Waals surface area contributed by atoms with Crippen molar-refractivity contribution < 1.29 is 14.3 Å². The molecule has 140 valence electrons. The van der Waals surface area contributed by atoms with E-state index in [2.05, 4.69) is 22.1 Å². The van der Waals surface area contributed by atoms with Gasteiger partial charge < -0.3 is 19.4 Å². The third-order valence-electron chi connectivity index (χ3n) is 3.73. The Kier molecular flexibility index (Phi) is 7.53. The zero-order valence-corrected chi connectivity index (χ0v) is 16.1. The van der Waals surface area contributed by atoms with Crippen LogP contribution in [-0.4, -0.2) is 47.2 Å². The van der Waals surface area contributed by atoms with Gasteiger partial charge in [-0.1, -0.05) is 23.9 Å². The SMILES string of the molecule is C=CCn1c(C)nnc1SCC(=O)NCCc1ccc(OC)c(OC)c1. The number of aryl methyl sites for hydroxylation is 1. The summed E-state index contributed by atoms with van der Waals surface area (Å²) < 4.78 is 12.4. The van der Waals surface area contributed by atoms with Crippen molar-refractivity contribution in [3.8, 4) is 11.5 Å². The van der Waals surface area contributed by atoms with Gasteiger partial charge in [0.2, 0.25) is 5.91 Å². The molecule has 7 nitrogen and oxygen atoms in total. The van der Waals surface area contributed by atoms with Crippen LogP contribution in [0.15, 0.2) is 36.0 Å². The molecule has 0 aliphatic carbocycles. The molecule has 0 radical (unpaired) electrons. The predicted octanol–water partition coefficient (Wildman–Crippen LogP) is 2.24. The highest BCUT2D eigenvalue weighted by Gasteiger charge is 2.11. The van der Waals surface area contributed by atoms with Crippen molar-refractivity contribution in [2.24, 2.45) is 0 Å². The van der Waals surface area contributed by atoms with E-state index in [0.717, 1.165) is 16.5 Å². The molecule has 0 saturated heterocycles. The second-order valence-corrected chi connectivity index (χ2v) is 6.45. The molecule has 0 spiro atoms. The lowest BCUT2D eigenvalue weighted by molar-refractivity contribution is -0.118. The van der Waals surface area contributed by atoms with Gasteiger partial charge in [-0.15, -0.1) is 16.8 Å². The quantitative estimate of drug-likeness (QED) is 0.506. The molecule has 0 aliphatic rings. The molecule has 2 aromatic rings. The zero-order chi connectivity index (χ0) is 18.9. The molecule has 0 bridgehead atoms. The third kappa shape index (κ3) is 5.26. The van der Waals surface area contributed by atoms with Crippen molar-refractivity contribution in [1.29, 1.82) is 0 Å². The number of nitrogens with zero attached hydrogens (tertiary/aromatic N) is 3. The fraction of sp³-hybridized carbons (Fsp3) is 0.389. The van der Waals surface area contributed by atoms with Crippen molar-refractivity contribution in [2.45, 2.75) is 25.0 Å². The number of aromatic nitrogens is 3. The Morgan fingerprint density at radius 1 is 1.31 bits per heavy atom. The van der Waals surface area contributed by atoms with Crippen molar-refractivity contribution >= 4 is 17.7 Å². The standard InChI is InChI=1S/C18H24N4O3S/c1-5-10-22-13(2)20-21-18(22)26-12-17(23)19-9-8-14-6-7-15(24-3)16(11-14)25-4/h5-7,11H,1,8-10,12H2,2-4H3,(H,19,23). The van der Waals surface area contributed by atoms with Crippen molar-refractivity contribution in [3.63, 3.8) is 0 Å². The fourth-order valence-electron chi connectivity index (χ4n) is 2.37. The van der Waals surface area contributed by atoms with E-state index in [-0.39, 0.29) is 5.91 Å². The molecule has 1 amide bonds. The Labute approximate surface area is 157 Å². The molecule has 0 saturated carbocycles. The largest absolute Gasteiger partial charge is 0.493 e. The number of amides is 1. The highest BCUT2D eigenvalue weighted by molar-refractivity contribution is 7.99. The Hall–Kier alpha value is -2.48. The second kappa shape index (κ2) is 9.86. The summed E-state index contributed by atoms with van der Waals surface area (Å²) in [6, 6.07) is 5.74. The van der Waals surface area contributed by atoms with Crippen LogP contribution in [0.1, 0.15) is 11.4 Å². The van der Waals surface area contributed by atoms with Crippen LogP contribution in [0.2, 0.25) is 0 Å². The molecular formula is C18H24N4O3S. The number of methoxy groups -OCH3 is 2. The minimum Gasteiger partial charge on any atom is -0.493 e. The van der Waals surface area contributed by atoms with Crippen molar-refractivity contribution in [1.82, 2.24) is 20.1 Å². The average molecular weight is 376 g/mol. The van der Waals surface area contributed by atoms with E-state index in [1.54, 1.807) is 20.3 Å². The van der Waals surface area contributed by atoms with Gasteiger partial charge in [0.25, 0.3) is 0 Å². The minimum atomic E-state index is -0.0405. The summed E-state index contributed by atoms with van der Waals surface area (Å²) in [6.45, 7) is 6.78. The van der Waals surface area contributed by atoms with Crippen LogP contribution in [0.25, 0.3) is 0 Å². The van der Waals surface area contributed by atoms with Crippen molar-refractivity contribution in [2.75, 3.05) is 26.5 Å². The minimum absolute atomic E-state index is 0.0405. The van der Waals surface area contributed by atoms with E-state index >= 15 is 0 Å². The lowest BCUT2D eigenvalue weighted by Gasteiger charge is -2.10. The normalized spacial score (nSPS) is 10.4. The van der Waals surface area contributed by atoms with Gasteiger partial charge in [-0.25, -0.2) is 0 Å². The number of hydrogen-bond donors (Lipinski definition) is 1. The second-order valence-electron chi connectivity index (χ2n) is 5.51. The number of rotatable bonds is 10. The molecular weight excluding hydrogens is 352 g/mol. The van der Waals surface area contributed by atoms with E-state index in [1.807, 2.05) is 29.7 Å². The Morgan fingerprint density at radius 3 is 2.77 bits per heavy atom. The maximum atomic E-state index is 12.1. The first-order chi connectivity index (χ1) is 12.6. The topological polar surface area (TPSA) is 78.3 Å². The van der Waals surface area contributed by atoms with Crippen LogP contribution >= 0.6 is 11.8 Å². The van der Waals surface area contributed by atoms with Crippen LogP contribution < -0.4 is 14.8 Å². The number of hydrogen-bond acceptors (Lipinski definition) is 6. The van der Waals surface area contributed by atoms with Crippen LogP contribution in [0.3, 0.4) is 0 Å². The monoisotopic (exact) mass is 376 g/mol. The highest BCUT2D eigenvalue weighted by atomic mass is 32.2. The molecule has 0 atom stereocenters. The third-order valence-corrected chi connectivity index (χ3v) is 4.70. The Bertz CT molecular complexity index is 761. The lowest BCUT2D eigenvalue weighted by Crippen LogP contribution is -2.27. The summed E-state index contributed by atoms with van der Waals surface area (Å²) in [5.74, 6) is 2.43. The first kappa shape index (κ1) is 19.8. The maximum absolute atomic E-state index is 12.1. The summed E-state index contributed by atoms with van der Waals surface area (Å²) >= 11 is 1.37. The molecule has 1 aromatic heterocycles. The molecule has 26 heavy (non-hydrogen) atoms. The van der Waals surface area contributed by atoms with Crippen LogP contribution in [0, 0.1) is 6.92 Å². The van der Waals surface area contributed by atoms with Gasteiger partial charge >= 0.3 is 0 Å². The maximum Gasteiger partial charge on any atom is 0.230 e. The van der Waals surface area contributed by atoms with Gasteiger partial charge in [0.05, 0.1) is 20.0 Å². The molecule has 8 heteroatoms. The molecule has 1 N–H and O–H groups in total. The number of carbonyl (C=O) groups excluding carboxylic acids is 1. The Balaban J connectivity index is 1.80. The number of benzene rings is 1. The van der Waals surface area contributed by atoms with E-state index in [9.17, 15) is 4.79 Å². The van der Waals surface area contributed by atoms with Gasteiger partial charge in [-0.3, -0.25) is 4.79 Å². The van der Waals surface area contributed by atoms with E-state index in [0.29, 0.717) is 36.8 Å². The summed E-state index contributed by atoms with van der Waals surface area (Å²) in [4.78, 5) is 12.1. The lowest BCUT2D eigenvalue weighted by atomic mass is 10.1. The molecule has 1 heterocycles. The fourth-order valence-corrected chi connectivity index (χ4v) is 3.19. The van der Waals surface area contributed by atoms with E-state index < -0.39 is 0 Å². The molecule has 1 aromatic carbocycles. The molecule has 2 rings (SSSR count). The highest BCUT2D eigenvalue weighted by Crippen LogP contribution is 2.27. The number of nitrogens with one attached hydrogen (secondary N) is 1. The first-order valence-corrected chi connectivity index (χ1v) is 9.18. The van der Waals surface area contributed by atoms with E-state index in [1.165, 1.54) is 11.8 Å². The molecule has 0 unspecified atom stereocenters. The number of thioether (sulfide) groups is 1. The molecule has 0 fully saturated rings. The average Bonchev–Trinajstić information content (AvgIpc) is 3.00. The molecule has 0 aliphatic heterocycles. The van der Waals surface area contributed by atoms with Gasteiger partial charge in [0, 0.05) is 13.1 Å². The zero-order valence-electron chi connectivity index (χ0n) is 15.3. The van der Waals surface area contributed by atoms with Gasteiger partial charge in [-0.2, -0.15) is 0 Å². The van der Waals surface area contributed by atoms with Gasteiger partial charge in [0.15, 0.2) is 16.7 Å². The summed E-state index contributed by atoms with van der Waals surface area (Å²) in [5, 5.41) is 11.8. The van der Waals surface area contributed by atoms with Crippen LogP contribution in [0.4, 0.5) is 0 Å². The summed E-state index contributed by atoms with van der Waals surface area (Å²) in [5.41, 5.74) is 1.07. The first-order valence-electron chi connectivity index (χ1n) is 8.20. The smallest absolute Gasteiger partial charge is 0.230 e. The van der Waals surface area contributed by atoms with Crippen molar-refractivity contribution in [3.05, 3.63) is 42.2 Å². The number of allylic oxidation sites excluding steroid dienone is 1. The van der Waals surface area contributed by atoms with Crippen LogP contribution in [0.5, 0.6) is 11.5 Å². The summed E-state index contributed by atoms with van der Waals surface area (Å²) in [6.07, 6.45) is 2.49.